The molecular formula is C11H18N2O5S. The van der Waals surface area contributed by atoms with Gasteiger partial charge >= 0.3 is 12.0 Å². The SMILES string of the molecule is O=C(NC1CCS(=O)(=O)C1)NC1CCCC1C(=O)O. The second kappa shape index (κ2) is 5.36. The van der Waals surface area contributed by atoms with Crippen LogP contribution in [0.15, 0.2) is 0 Å². The van der Waals surface area contributed by atoms with Crippen molar-refractivity contribution >= 4 is 21.8 Å². The van der Waals surface area contributed by atoms with E-state index in [1.165, 1.54) is 0 Å². The van der Waals surface area contributed by atoms with Gasteiger partial charge in [0.05, 0.1) is 17.4 Å². The van der Waals surface area contributed by atoms with E-state index in [4.69, 9.17) is 5.11 Å². The highest BCUT2D eigenvalue weighted by Gasteiger charge is 2.35. The van der Waals surface area contributed by atoms with Gasteiger partial charge in [-0.25, -0.2) is 13.2 Å². The number of hydrogen-bond donors (Lipinski definition) is 3. The van der Waals surface area contributed by atoms with Crippen molar-refractivity contribution < 1.29 is 23.1 Å². The van der Waals surface area contributed by atoms with Gasteiger partial charge in [-0.15, -0.1) is 0 Å². The minimum Gasteiger partial charge on any atom is -0.481 e. The molecule has 1 saturated heterocycles. The molecule has 3 N–H and O–H groups in total. The molecule has 0 radical (unpaired) electrons. The number of aliphatic carboxylic acids is 1. The fourth-order valence-electron chi connectivity index (χ4n) is 2.73. The lowest BCUT2D eigenvalue weighted by Gasteiger charge is -2.19. The molecule has 0 aromatic carbocycles. The van der Waals surface area contributed by atoms with Crippen LogP contribution in [0.4, 0.5) is 4.79 Å². The highest BCUT2D eigenvalue weighted by Crippen LogP contribution is 2.25. The van der Waals surface area contributed by atoms with E-state index in [9.17, 15) is 18.0 Å². The Kier molecular flexibility index (Phi) is 3.98. The Morgan fingerprint density at radius 1 is 1.11 bits per heavy atom. The Balaban J connectivity index is 1.83. The highest BCUT2D eigenvalue weighted by atomic mass is 32.2. The zero-order valence-electron chi connectivity index (χ0n) is 10.5. The van der Waals surface area contributed by atoms with E-state index in [0.29, 0.717) is 19.3 Å². The molecule has 7 nitrogen and oxygen atoms in total. The molecular weight excluding hydrogens is 272 g/mol. The molecule has 8 heteroatoms. The number of carboxylic acid groups (broad SMARTS) is 1. The number of hydrogen-bond acceptors (Lipinski definition) is 4. The standard InChI is InChI=1S/C11H18N2O5S/c14-10(15)8-2-1-3-9(8)13-11(16)12-7-4-5-19(17,18)6-7/h7-9H,1-6H2,(H,14,15)(H2,12,13,16). The molecule has 2 rings (SSSR count). The van der Waals surface area contributed by atoms with Gasteiger partial charge in [0.1, 0.15) is 0 Å². The summed E-state index contributed by atoms with van der Waals surface area (Å²) in [6.45, 7) is 0. The quantitative estimate of drug-likeness (QED) is 0.662. The fourth-order valence-corrected chi connectivity index (χ4v) is 4.41. The van der Waals surface area contributed by atoms with Crippen molar-refractivity contribution in [3.05, 3.63) is 0 Å². The molecule has 0 aromatic heterocycles. The van der Waals surface area contributed by atoms with E-state index < -0.39 is 27.8 Å². The summed E-state index contributed by atoms with van der Waals surface area (Å²) in [5.41, 5.74) is 0. The smallest absolute Gasteiger partial charge is 0.315 e. The summed E-state index contributed by atoms with van der Waals surface area (Å²) < 4.78 is 22.5. The van der Waals surface area contributed by atoms with Crippen molar-refractivity contribution in [2.75, 3.05) is 11.5 Å². The van der Waals surface area contributed by atoms with Crippen molar-refractivity contribution in [1.29, 1.82) is 0 Å². The van der Waals surface area contributed by atoms with Gasteiger partial charge in [0, 0.05) is 12.1 Å². The summed E-state index contributed by atoms with van der Waals surface area (Å²) in [6, 6.07) is -1.20. The van der Waals surface area contributed by atoms with E-state index in [0.717, 1.165) is 6.42 Å². The van der Waals surface area contributed by atoms with Gasteiger partial charge in [0.15, 0.2) is 9.84 Å². The van der Waals surface area contributed by atoms with Gasteiger partial charge in [-0.05, 0) is 19.3 Å². The zero-order chi connectivity index (χ0) is 14.0. The topological polar surface area (TPSA) is 113 Å². The Morgan fingerprint density at radius 3 is 2.42 bits per heavy atom. The fraction of sp³-hybridized carbons (Fsp3) is 0.818. The first-order chi connectivity index (χ1) is 8.87. The van der Waals surface area contributed by atoms with Crippen molar-refractivity contribution in [3.8, 4) is 0 Å². The lowest BCUT2D eigenvalue weighted by molar-refractivity contribution is -0.142. The predicted molar refractivity (Wildman–Crippen MR) is 67.5 cm³/mol. The van der Waals surface area contributed by atoms with Gasteiger partial charge in [0.2, 0.25) is 0 Å². The number of sulfone groups is 1. The Morgan fingerprint density at radius 2 is 1.84 bits per heavy atom. The zero-order valence-corrected chi connectivity index (χ0v) is 11.3. The number of urea groups is 1. The molecule has 2 fully saturated rings. The predicted octanol–water partition coefficient (Wildman–Crippen LogP) is -0.274. The number of nitrogens with one attached hydrogen (secondary N) is 2. The van der Waals surface area contributed by atoms with Crippen molar-refractivity contribution in [2.24, 2.45) is 5.92 Å². The molecule has 19 heavy (non-hydrogen) atoms. The molecule has 1 aliphatic carbocycles. The van der Waals surface area contributed by atoms with E-state index in [1.54, 1.807) is 0 Å². The number of carboxylic acids is 1. The molecule has 3 atom stereocenters. The van der Waals surface area contributed by atoms with E-state index in [2.05, 4.69) is 10.6 Å². The van der Waals surface area contributed by atoms with Crippen LogP contribution in [0.5, 0.6) is 0 Å². The van der Waals surface area contributed by atoms with Crippen molar-refractivity contribution in [2.45, 2.75) is 37.8 Å². The Hall–Kier alpha value is -1.31. The van der Waals surface area contributed by atoms with Gasteiger partial charge in [0.25, 0.3) is 0 Å². The summed E-state index contributed by atoms with van der Waals surface area (Å²) in [5.74, 6) is -1.38. The Labute approximate surface area is 111 Å². The molecule has 0 spiro atoms. The number of carbonyl (C=O) groups excluding carboxylic acids is 1. The normalized spacial score (nSPS) is 32.9. The van der Waals surface area contributed by atoms with Crippen molar-refractivity contribution in [3.63, 3.8) is 0 Å². The average molecular weight is 290 g/mol. The van der Waals surface area contributed by atoms with Crippen LogP contribution in [-0.4, -0.2) is 49.1 Å². The molecule has 108 valence electrons. The van der Waals surface area contributed by atoms with E-state index in [-0.39, 0.29) is 23.6 Å². The van der Waals surface area contributed by atoms with Crippen LogP contribution in [0.3, 0.4) is 0 Å². The van der Waals surface area contributed by atoms with Crippen LogP contribution in [0.25, 0.3) is 0 Å². The lowest BCUT2D eigenvalue weighted by atomic mass is 10.0. The highest BCUT2D eigenvalue weighted by molar-refractivity contribution is 7.91. The third kappa shape index (κ3) is 3.59. The van der Waals surface area contributed by atoms with Crippen LogP contribution in [0, 0.1) is 5.92 Å². The first kappa shape index (κ1) is 14.1. The first-order valence-corrected chi connectivity index (χ1v) is 8.20. The summed E-state index contributed by atoms with van der Waals surface area (Å²) in [4.78, 5) is 22.7. The molecule has 1 heterocycles. The van der Waals surface area contributed by atoms with Crippen molar-refractivity contribution in [1.82, 2.24) is 10.6 Å². The summed E-state index contributed by atoms with van der Waals surface area (Å²) in [6.07, 6.45) is 2.41. The van der Waals surface area contributed by atoms with Crippen LogP contribution < -0.4 is 10.6 Å². The number of amides is 2. The molecule has 0 bridgehead atoms. The maximum Gasteiger partial charge on any atom is 0.315 e. The second-order valence-corrected chi connectivity index (χ2v) is 7.43. The molecule has 1 aliphatic heterocycles. The summed E-state index contributed by atoms with van der Waals surface area (Å²) >= 11 is 0. The van der Waals surface area contributed by atoms with E-state index >= 15 is 0 Å². The Bertz CT molecular complexity index is 475. The second-order valence-electron chi connectivity index (χ2n) is 5.20. The third-order valence-electron chi connectivity index (χ3n) is 3.72. The van der Waals surface area contributed by atoms with Gasteiger partial charge in [-0.1, -0.05) is 6.42 Å². The maximum atomic E-state index is 11.7. The summed E-state index contributed by atoms with van der Waals surface area (Å²) in [5, 5.41) is 14.2. The molecule has 2 amide bonds. The van der Waals surface area contributed by atoms with Gasteiger partial charge in [-0.3, -0.25) is 4.79 Å². The average Bonchev–Trinajstić information content (AvgIpc) is 2.85. The first-order valence-electron chi connectivity index (χ1n) is 6.37. The van der Waals surface area contributed by atoms with Gasteiger partial charge in [-0.2, -0.15) is 0 Å². The van der Waals surface area contributed by atoms with Crippen LogP contribution in [0.2, 0.25) is 0 Å². The van der Waals surface area contributed by atoms with E-state index in [1.807, 2.05) is 0 Å². The maximum absolute atomic E-state index is 11.7. The largest absolute Gasteiger partial charge is 0.481 e. The molecule has 2 aliphatic rings. The third-order valence-corrected chi connectivity index (χ3v) is 5.49. The van der Waals surface area contributed by atoms with Crippen LogP contribution in [-0.2, 0) is 14.6 Å². The summed E-state index contributed by atoms with van der Waals surface area (Å²) in [7, 11) is -3.03. The van der Waals surface area contributed by atoms with Crippen LogP contribution >= 0.6 is 0 Å². The number of rotatable bonds is 3. The minimum atomic E-state index is -3.03. The monoisotopic (exact) mass is 290 g/mol. The molecule has 3 unspecified atom stereocenters. The molecule has 0 aromatic rings. The minimum absolute atomic E-state index is 0.0343. The number of carbonyl (C=O) groups is 2. The molecule has 1 saturated carbocycles. The van der Waals surface area contributed by atoms with Crippen LogP contribution in [0.1, 0.15) is 25.7 Å². The van der Waals surface area contributed by atoms with Gasteiger partial charge < -0.3 is 15.7 Å². The lowest BCUT2D eigenvalue weighted by Crippen LogP contribution is -2.48.